The van der Waals surface area contributed by atoms with Crippen LogP contribution in [0.25, 0.3) is 0 Å². The summed E-state index contributed by atoms with van der Waals surface area (Å²) in [7, 11) is 0. The number of hydrogen-bond donors (Lipinski definition) is 1. The van der Waals surface area contributed by atoms with E-state index in [2.05, 4.69) is 17.3 Å². The van der Waals surface area contributed by atoms with E-state index in [1.54, 1.807) is 0 Å². The molecule has 1 N–H and O–H groups in total. The van der Waals surface area contributed by atoms with E-state index in [-0.39, 0.29) is 36.8 Å². The smallest absolute Gasteiger partial charge is 0.303 e. The summed E-state index contributed by atoms with van der Waals surface area (Å²) < 4.78 is 11.8. The van der Waals surface area contributed by atoms with E-state index in [4.69, 9.17) is 19.4 Å². The average Bonchev–Trinajstić information content (AvgIpc) is 3.30. The highest BCUT2D eigenvalue weighted by molar-refractivity contribution is 5.66. The topological polar surface area (TPSA) is 80.7 Å². The molecule has 27 heavy (non-hydrogen) atoms. The maximum atomic E-state index is 10.5. The van der Waals surface area contributed by atoms with Crippen LogP contribution < -0.4 is 0 Å². The van der Waals surface area contributed by atoms with Crippen LogP contribution in [0.2, 0.25) is 0 Å². The molecule has 0 unspecified atom stereocenters. The molecule has 0 amide bonds. The van der Waals surface area contributed by atoms with E-state index in [0.717, 1.165) is 18.4 Å². The number of carboxylic acids is 1. The van der Waals surface area contributed by atoms with E-state index in [0.29, 0.717) is 18.9 Å². The summed E-state index contributed by atoms with van der Waals surface area (Å²) in [6.07, 6.45) is 9.33. The third kappa shape index (κ3) is 4.22. The van der Waals surface area contributed by atoms with Crippen molar-refractivity contribution >= 4 is 12.2 Å². The van der Waals surface area contributed by atoms with Crippen molar-refractivity contribution in [2.45, 2.75) is 56.7 Å². The Morgan fingerprint density at radius 2 is 1.89 bits per heavy atom. The number of allylic oxidation sites excluding steroid dienone is 2. The summed E-state index contributed by atoms with van der Waals surface area (Å²) in [5, 5.41) is 12.9. The van der Waals surface area contributed by atoms with Gasteiger partial charge in [0.25, 0.3) is 0 Å². The lowest BCUT2D eigenvalue weighted by molar-refractivity contribution is -0.137. The van der Waals surface area contributed by atoms with Crippen LogP contribution in [0.4, 0.5) is 0 Å². The molecule has 3 aliphatic heterocycles. The van der Waals surface area contributed by atoms with E-state index >= 15 is 0 Å². The fraction of sp³-hybridized carbons (Fsp3) is 0.524. The molecule has 3 saturated heterocycles. The molecule has 1 aromatic rings. The summed E-state index contributed by atoms with van der Waals surface area (Å²) in [5.41, 5.74) is 1.09. The van der Waals surface area contributed by atoms with Crippen molar-refractivity contribution in [1.29, 1.82) is 0 Å². The number of fused-ring (bicyclic) bond motifs is 5. The van der Waals surface area contributed by atoms with Crippen LogP contribution in [-0.2, 0) is 25.7 Å². The average molecular weight is 371 g/mol. The third-order valence-electron chi connectivity index (χ3n) is 5.54. The number of benzene rings is 1. The van der Waals surface area contributed by atoms with Crippen molar-refractivity contribution in [1.82, 2.24) is 0 Å². The number of carboxylic acid groups (broad SMARTS) is 1. The first-order valence-electron chi connectivity index (χ1n) is 9.61. The minimum absolute atomic E-state index is 0.0782. The maximum absolute atomic E-state index is 10.5. The van der Waals surface area contributed by atoms with E-state index < -0.39 is 5.97 Å². The number of aliphatic carboxylic acids is 1. The van der Waals surface area contributed by atoms with Gasteiger partial charge in [0, 0.05) is 24.5 Å². The van der Waals surface area contributed by atoms with Gasteiger partial charge in [0.1, 0.15) is 18.8 Å². The van der Waals surface area contributed by atoms with E-state index in [9.17, 15) is 4.79 Å². The van der Waals surface area contributed by atoms with Crippen LogP contribution >= 0.6 is 0 Å². The van der Waals surface area contributed by atoms with Crippen LogP contribution in [0.3, 0.4) is 0 Å². The second kappa shape index (κ2) is 8.23. The minimum atomic E-state index is -0.742. The highest BCUT2D eigenvalue weighted by Gasteiger charge is 2.68. The van der Waals surface area contributed by atoms with Crippen molar-refractivity contribution in [3.63, 3.8) is 0 Å². The largest absolute Gasteiger partial charge is 0.481 e. The van der Waals surface area contributed by atoms with Crippen LogP contribution in [0.15, 0.2) is 47.6 Å². The molecule has 3 aliphatic rings. The Labute approximate surface area is 158 Å². The number of carbonyl (C=O) groups is 1. The first-order valence-corrected chi connectivity index (χ1v) is 9.61. The lowest BCUT2D eigenvalue weighted by atomic mass is 9.78. The van der Waals surface area contributed by atoms with Gasteiger partial charge < -0.3 is 19.4 Å². The molecular weight excluding hydrogens is 346 g/mol. The van der Waals surface area contributed by atoms with Gasteiger partial charge in [-0.25, -0.2) is 0 Å². The summed E-state index contributed by atoms with van der Waals surface area (Å²) in [6.45, 7) is 0.454. The van der Waals surface area contributed by atoms with Gasteiger partial charge in [0.05, 0.1) is 12.2 Å². The number of rotatable bonds is 10. The van der Waals surface area contributed by atoms with Crippen molar-refractivity contribution in [3.8, 4) is 0 Å². The highest BCUT2D eigenvalue weighted by atomic mass is 16.7. The van der Waals surface area contributed by atoms with Gasteiger partial charge in [-0.05, 0) is 24.8 Å². The standard InChI is InChI=1S/C21H25NO5/c23-17(24)11-7-2-1-6-10-15-16(19-21-20(27-21)18(15)26-19)12-22-25-13-14-8-4-3-5-9-14/h1,3-6,8-9,12,15-16,18-21H,2,7,10-11,13H2,(H,23,24)/b6-1-,22-12?/t15-,16+,18+,19-,20-,21+/m0/s1. The van der Waals surface area contributed by atoms with Crippen molar-refractivity contribution < 1.29 is 24.2 Å². The maximum Gasteiger partial charge on any atom is 0.303 e. The molecule has 1 aromatic carbocycles. The van der Waals surface area contributed by atoms with Crippen LogP contribution in [-0.4, -0.2) is 41.7 Å². The fourth-order valence-corrected chi connectivity index (χ4v) is 4.15. The van der Waals surface area contributed by atoms with Crippen molar-refractivity contribution in [2.24, 2.45) is 17.0 Å². The normalized spacial score (nSPS) is 33.6. The molecule has 4 rings (SSSR count). The van der Waals surface area contributed by atoms with Crippen LogP contribution in [0.1, 0.15) is 31.2 Å². The number of ether oxygens (including phenoxy) is 2. The lowest BCUT2D eigenvalue weighted by Crippen LogP contribution is -2.33. The Morgan fingerprint density at radius 3 is 2.70 bits per heavy atom. The Balaban J connectivity index is 1.28. The summed E-state index contributed by atoms with van der Waals surface area (Å²) in [4.78, 5) is 16.0. The minimum Gasteiger partial charge on any atom is -0.481 e. The Hall–Kier alpha value is -2.18. The number of nitrogens with zero attached hydrogens (tertiary/aromatic N) is 1. The van der Waals surface area contributed by atoms with Gasteiger partial charge in [-0.2, -0.15) is 0 Å². The quantitative estimate of drug-likeness (QED) is 0.225. The third-order valence-corrected chi connectivity index (χ3v) is 5.54. The Kier molecular flexibility index (Phi) is 5.55. The van der Waals surface area contributed by atoms with Gasteiger partial charge in [0.15, 0.2) is 0 Å². The number of hydrogen-bond acceptors (Lipinski definition) is 5. The summed E-state index contributed by atoms with van der Waals surface area (Å²) >= 11 is 0. The predicted molar refractivity (Wildman–Crippen MR) is 99.3 cm³/mol. The highest BCUT2D eigenvalue weighted by Crippen LogP contribution is 2.54. The summed E-state index contributed by atoms with van der Waals surface area (Å²) in [6, 6.07) is 9.96. The first kappa shape index (κ1) is 18.2. The number of unbranched alkanes of at least 4 members (excludes halogenated alkanes) is 1. The Morgan fingerprint density at radius 1 is 1.11 bits per heavy atom. The monoisotopic (exact) mass is 371 g/mol. The van der Waals surface area contributed by atoms with Gasteiger partial charge in [0.2, 0.25) is 0 Å². The molecule has 0 aliphatic carbocycles. The molecule has 3 fully saturated rings. The second-order valence-electron chi connectivity index (χ2n) is 7.38. The zero-order valence-corrected chi connectivity index (χ0v) is 15.1. The fourth-order valence-electron chi connectivity index (χ4n) is 4.15. The van der Waals surface area contributed by atoms with Crippen LogP contribution in [0.5, 0.6) is 0 Å². The van der Waals surface area contributed by atoms with Crippen molar-refractivity contribution in [3.05, 3.63) is 48.0 Å². The molecule has 6 nitrogen and oxygen atoms in total. The molecule has 6 heteroatoms. The molecule has 144 valence electrons. The molecule has 0 aromatic heterocycles. The molecular formula is C21H25NO5. The predicted octanol–water partition coefficient (Wildman–Crippen LogP) is 3.17. The van der Waals surface area contributed by atoms with Gasteiger partial charge >= 0.3 is 5.97 Å². The molecule has 2 bridgehead atoms. The molecule has 0 spiro atoms. The van der Waals surface area contributed by atoms with Crippen LogP contribution in [0, 0.1) is 11.8 Å². The first-order chi connectivity index (χ1) is 13.2. The molecule has 3 heterocycles. The van der Waals surface area contributed by atoms with Gasteiger partial charge in [-0.1, -0.05) is 47.6 Å². The Bertz CT molecular complexity index is 704. The van der Waals surface area contributed by atoms with Gasteiger partial charge in [-0.15, -0.1) is 0 Å². The zero-order valence-electron chi connectivity index (χ0n) is 15.1. The molecule has 6 atom stereocenters. The molecule has 0 radical (unpaired) electrons. The number of epoxide rings is 1. The van der Waals surface area contributed by atoms with E-state index in [1.165, 1.54) is 0 Å². The molecule has 0 saturated carbocycles. The summed E-state index contributed by atoms with van der Waals surface area (Å²) in [5.74, 6) is -0.217. The van der Waals surface area contributed by atoms with Crippen molar-refractivity contribution in [2.75, 3.05) is 0 Å². The SMILES string of the molecule is O=C(O)CCC/C=C\C[C@H]1[C@@H](C=NOCc2ccccc2)[C@@H]2O[C@H]1[C@@H]1O[C@@H]12. The van der Waals surface area contributed by atoms with Gasteiger partial charge in [-0.3, -0.25) is 4.79 Å². The number of oxime groups is 1. The second-order valence-corrected chi connectivity index (χ2v) is 7.38. The van der Waals surface area contributed by atoms with E-state index in [1.807, 2.05) is 36.5 Å². The zero-order chi connectivity index (χ0) is 18.6. The lowest BCUT2D eigenvalue weighted by Gasteiger charge is -2.21.